The monoisotopic (exact) mass is 1710 g/mol. The van der Waals surface area contributed by atoms with E-state index in [-0.39, 0.29) is 56.4 Å². The topological polar surface area (TPSA) is 131 Å². The van der Waals surface area contributed by atoms with Gasteiger partial charge in [0.15, 0.2) is 6.10 Å². The quantitative estimate of drug-likeness (QED) is 0.0221. The van der Waals surface area contributed by atoms with E-state index in [0.717, 1.165) is 119 Å². The van der Waals surface area contributed by atoms with Crippen molar-refractivity contribution < 1.29 is 38.1 Å². The van der Waals surface area contributed by atoms with Crippen LogP contribution in [0, 0.1) is 67.8 Å². The summed E-state index contributed by atoms with van der Waals surface area (Å²) in [5, 5.41) is 0. The van der Waals surface area contributed by atoms with Gasteiger partial charge in [0.25, 0.3) is 0 Å². The number of esters is 4. The molecule has 2 N–H and O–H groups in total. The molecule has 3 fully saturated rings. The predicted octanol–water partition coefficient (Wildman–Crippen LogP) is 17.3. The molecule has 2 aromatic carbocycles. The maximum absolute atomic E-state index is 13.3. The van der Waals surface area contributed by atoms with E-state index < -0.39 is 24.0 Å². The lowest BCUT2D eigenvalue weighted by Gasteiger charge is -2.58. The normalized spacial score (nSPS) is 24.9. The van der Waals surface area contributed by atoms with Crippen LogP contribution in [0.2, 0.25) is 0 Å². The zero-order chi connectivity index (χ0) is 54.5. The number of nitrogen functional groups attached to an aromatic ring is 1. The van der Waals surface area contributed by atoms with Gasteiger partial charge in [-0.15, -0.1) is 0 Å². The van der Waals surface area contributed by atoms with E-state index >= 15 is 0 Å². The maximum atomic E-state index is 13.3. The molecule has 1 unspecified atom stereocenters. The van der Waals surface area contributed by atoms with Gasteiger partial charge in [-0.3, -0.25) is 19.2 Å². The minimum Gasteiger partial charge on any atom is -0.462 e. The summed E-state index contributed by atoms with van der Waals surface area (Å²) in [5.74, 6) is 2.82. The fourth-order valence-electron chi connectivity index (χ4n) is 13.6. The fourth-order valence-corrected chi connectivity index (χ4v) is 21.6. The second-order valence-corrected chi connectivity index (χ2v) is 30.3. The summed E-state index contributed by atoms with van der Waals surface area (Å²) < 4.78 is 30.2. The van der Waals surface area contributed by atoms with Crippen LogP contribution in [0.4, 0.5) is 5.69 Å². The van der Waals surface area contributed by atoms with E-state index in [0.29, 0.717) is 24.2 Å². The Bertz CT molecular complexity index is 2280. The van der Waals surface area contributed by atoms with Crippen LogP contribution in [0.3, 0.4) is 0 Å². The number of hydrogen-bond acceptors (Lipinski definition) is 9. The van der Waals surface area contributed by atoms with Crippen molar-refractivity contribution in [2.45, 2.75) is 207 Å². The van der Waals surface area contributed by atoms with Gasteiger partial charge >= 0.3 is 23.9 Å². The van der Waals surface area contributed by atoms with Crippen LogP contribution >= 0.6 is 136 Å². The van der Waals surface area contributed by atoms with E-state index in [1.807, 2.05) is 0 Å². The van der Waals surface area contributed by atoms with Crippen LogP contribution in [0.1, 0.15) is 193 Å². The summed E-state index contributed by atoms with van der Waals surface area (Å²) in [6.07, 6.45) is 23.8. The summed E-state index contributed by atoms with van der Waals surface area (Å²) in [6, 6.07) is 6.53. The van der Waals surface area contributed by atoms with E-state index in [1.54, 1.807) is 0 Å². The van der Waals surface area contributed by atoms with E-state index in [9.17, 15) is 19.2 Å². The average molecular weight is 1710 g/mol. The van der Waals surface area contributed by atoms with Crippen molar-refractivity contribution in [3.8, 4) is 0 Å². The number of rotatable bonds is 28. The zero-order valence-corrected chi connectivity index (χ0v) is 58.1. The second kappa shape index (κ2) is 31.1. The summed E-state index contributed by atoms with van der Waals surface area (Å²) >= 11 is 14.2. The Morgan fingerprint density at radius 2 is 1.24 bits per heavy atom. The average Bonchev–Trinajstić information content (AvgIpc) is 3.73. The van der Waals surface area contributed by atoms with Gasteiger partial charge in [-0.25, -0.2) is 0 Å². The predicted molar refractivity (Wildman–Crippen MR) is 351 cm³/mol. The number of carbonyl (C=O) groups is 4. The van der Waals surface area contributed by atoms with Gasteiger partial charge in [-0.05, 0) is 295 Å². The minimum absolute atomic E-state index is 0.114. The molecule has 3 saturated carbocycles. The van der Waals surface area contributed by atoms with Crippen molar-refractivity contribution in [1.82, 2.24) is 0 Å². The first-order chi connectivity index (χ1) is 35.7. The van der Waals surface area contributed by atoms with Gasteiger partial charge in [0.1, 0.15) is 19.3 Å². The number of benzene rings is 2. The SMILES string of the molecule is CC(C)CCC[C@@H](C)[C@H]1CC[C@H]2[C@@H]3CC=C4C[C@@H](OC(=O)CCC(=O)OC(COC(=O)CCCCCCc5c(I)cc(I)cc5I)COC(=O)CCCCCCc5c(I)cc(I)c(N)c5I)CC[C@]4(C)[C@H]3CC[C@]12C. The second-order valence-electron chi connectivity index (χ2n) is 23.3. The Morgan fingerprint density at radius 1 is 0.640 bits per heavy atom. The first-order valence-electron chi connectivity index (χ1n) is 28.1. The van der Waals surface area contributed by atoms with Crippen molar-refractivity contribution in [1.29, 1.82) is 0 Å². The molecule has 4 aliphatic rings. The third-order valence-corrected chi connectivity index (χ3v) is 23.4. The van der Waals surface area contributed by atoms with Crippen molar-refractivity contribution in [2.24, 2.45) is 46.3 Å². The Balaban J connectivity index is 0.939. The number of hydrogen-bond donors (Lipinski definition) is 1. The van der Waals surface area contributed by atoms with Gasteiger partial charge < -0.3 is 24.7 Å². The molecule has 9 atom stereocenters. The molecule has 418 valence electrons. The molecule has 4 aliphatic carbocycles. The highest BCUT2D eigenvalue weighted by Gasteiger charge is 2.59. The fraction of sp³-hybridized carbons (Fsp3) is 0.700. The number of allylic oxidation sites excluding steroid dienone is 1. The number of halogens is 6. The summed E-state index contributed by atoms with van der Waals surface area (Å²) in [4.78, 5) is 52.4. The third-order valence-electron chi connectivity index (χ3n) is 17.8. The Labute approximate surface area is 531 Å². The van der Waals surface area contributed by atoms with Crippen LogP contribution in [0.5, 0.6) is 0 Å². The molecule has 75 heavy (non-hydrogen) atoms. The molecule has 0 saturated heterocycles. The number of carbonyl (C=O) groups excluding carboxylic acids is 4. The number of ether oxygens (including phenoxy) is 4. The molecule has 0 radical (unpaired) electrons. The first kappa shape index (κ1) is 64.4. The van der Waals surface area contributed by atoms with E-state index in [4.69, 9.17) is 24.7 Å². The molecule has 0 bridgehead atoms. The minimum atomic E-state index is -0.990. The highest BCUT2D eigenvalue weighted by Crippen LogP contribution is 2.67. The van der Waals surface area contributed by atoms with Crippen LogP contribution in [-0.4, -0.2) is 49.3 Å². The number of fused-ring (bicyclic) bond motifs is 5. The van der Waals surface area contributed by atoms with E-state index in [1.165, 1.54) is 75.9 Å². The highest BCUT2D eigenvalue weighted by molar-refractivity contribution is 14.1. The highest BCUT2D eigenvalue weighted by atomic mass is 127. The molecule has 0 aliphatic heterocycles. The van der Waals surface area contributed by atoms with Crippen molar-refractivity contribution in [2.75, 3.05) is 18.9 Å². The molecule has 0 amide bonds. The van der Waals surface area contributed by atoms with Gasteiger partial charge in [0.05, 0.1) is 18.5 Å². The third kappa shape index (κ3) is 18.4. The summed E-state index contributed by atoms with van der Waals surface area (Å²) in [5.41, 5.74) is 11.8. The Hall–Kier alpha value is 0.240. The van der Waals surface area contributed by atoms with Crippen molar-refractivity contribution in [3.05, 3.63) is 62.4 Å². The van der Waals surface area contributed by atoms with Gasteiger partial charge in [-0.2, -0.15) is 0 Å². The number of nitrogens with two attached hydrogens (primary N) is 1. The van der Waals surface area contributed by atoms with Gasteiger partial charge in [0.2, 0.25) is 0 Å². The maximum Gasteiger partial charge on any atom is 0.306 e. The molecule has 0 heterocycles. The molecule has 9 nitrogen and oxygen atoms in total. The standard InChI is InChI=1S/C60H83I6NO8/c1-37(2)15-14-16-38(3)46-23-24-47-43-22-21-39-31-41(27-29-59(39,4)48(43)28-30-60(46,47)5)74-55(70)25-26-56(71)75-42(35-72-53(68)19-12-8-6-10-17-44-49(62)32-40(61)33-50(44)63)36-73-54(69)20-13-9-7-11-18-45-51(64)34-52(65)58(67)57(45)66/h21,32-34,37-38,41-43,46-48H,6-20,22-31,35-36,67H2,1-5H3/t38-,41+,42?,43+,46-,47+,48+,59+,60-/m1/s1. The number of anilines is 1. The van der Waals surface area contributed by atoms with Crippen molar-refractivity contribution in [3.63, 3.8) is 0 Å². The molecule has 2 aromatic rings. The van der Waals surface area contributed by atoms with Crippen LogP contribution in [0.15, 0.2) is 29.8 Å². The molecule has 6 rings (SSSR count). The lowest BCUT2D eigenvalue weighted by molar-refractivity contribution is -0.168. The van der Waals surface area contributed by atoms with E-state index in [2.05, 4.69) is 194 Å². The van der Waals surface area contributed by atoms with Crippen molar-refractivity contribution >= 4 is 165 Å². The van der Waals surface area contributed by atoms with Gasteiger partial charge in [-0.1, -0.05) is 91.2 Å². The lowest BCUT2D eigenvalue weighted by Crippen LogP contribution is -2.51. The molecule has 0 aromatic heterocycles. The van der Waals surface area contributed by atoms with Crippen LogP contribution in [0.25, 0.3) is 0 Å². The summed E-state index contributed by atoms with van der Waals surface area (Å²) in [7, 11) is 0. The summed E-state index contributed by atoms with van der Waals surface area (Å²) in [6.45, 7) is 11.9. The Kier molecular flexibility index (Phi) is 26.7. The zero-order valence-electron chi connectivity index (χ0n) is 45.1. The Morgan fingerprint density at radius 3 is 1.88 bits per heavy atom. The largest absolute Gasteiger partial charge is 0.462 e. The first-order valence-corrected chi connectivity index (χ1v) is 34.6. The molecular formula is C60H83I6NO8. The molecule has 15 heteroatoms. The number of unbranched alkanes of at least 4 members (excludes halogenated alkanes) is 6. The lowest BCUT2D eigenvalue weighted by atomic mass is 9.47. The molecular weight excluding hydrogens is 1620 g/mol. The molecule has 0 spiro atoms. The van der Waals surface area contributed by atoms with Crippen LogP contribution in [-0.2, 0) is 51.0 Å². The van der Waals surface area contributed by atoms with Gasteiger partial charge in [0, 0.05) is 40.7 Å². The smallest absolute Gasteiger partial charge is 0.306 e. The van der Waals surface area contributed by atoms with Crippen LogP contribution < -0.4 is 5.73 Å².